The van der Waals surface area contributed by atoms with Gasteiger partial charge in [0.1, 0.15) is 12.4 Å². The first-order valence-corrected chi connectivity index (χ1v) is 5.91. The molecule has 0 N–H and O–H groups in total. The highest BCUT2D eigenvalue weighted by Gasteiger charge is 2.04. The highest BCUT2D eigenvalue weighted by molar-refractivity contribution is 5.79. The molecule has 2 aromatic carbocycles. The van der Waals surface area contributed by atoms with Crippen molar-refractivity contribution in [2.45, 2.75) is 13.5 Å². The maximum atomic E-state index is 10.9. The Bertz CT molecular complexity index is 641. The van der Waals surface area contributed by atoms with Gasteiger partial charge in [-0.2, -0.15) is 5.26 Å². The van der Waals surface area contributed by atoms with Crippen molar-refractivity contribution in [2.24, 2.45) is 0 Å². The average molecular weight is 251 g/mol. The van der Waals surface area contributed by atoms with Gasteiger partial charge in [-0.3, -0.25) is 4.79 Å². The Balaban J connectivity index is 2.15. The third-order valence-electron chi connectivity index (χ3n) is 2.90. The molecule has 0 amide bonds. The van der Waals surface area contributed by atoms with Gasteiger partial charge >= 0.3 is 0 Å². The molecule has 0 aliphatic carbocycles. The number of hydrogen-bond donors (Lipinski definition) is 0. The number of para-hydroxylation sites is 1. The zero-order valence-corrected chi connectivity index (χ0v) is 10.6. The molecule has 0 radical (unpaired) electrons. The normalized spacial score (nSPS) is 9.68. The third kappa shape index (κ3) is 2.99. The molecular weight excluding hydrogens is 238 g/mol. The van der Waals surface area contributed by atoms with Crippen molar-refractivity contribution in [3.63, 3.8) is 0 Å². The first kappa shape index (κ1) is 12.8. The van der Waals surface area contributed by atoms with E-state index < -0.39 is 0 Å². The smallest absolute Gasteiger partial charge is 0.153 e. The van der Waals surface area contributed by atoms with Crippen LogP contribution in [0.4, 0.5) is 0 Å². The molecule has 3 heteroatoms. The van der Waals surface area contributed by atoms with Crippen LogP contribution in [0.3, 0.4) is 0 Å². The van der Waals surface area contributed by atoms with Crippen LogP contribution in [0.25, 0.3) is 0 Å². The predicted octanol–water partition coefficient (Wildman–Crippen LogP) is 3.26. The highest BCUT2D eigenvalue weighted by atomic mass is 16.5. The molecular formula is C16H13NO2. The molecule has 19 heavy (non-hydrogen) atoms. The third-order valence-corrected chi connectivity index (χ3v) is 2.90. The summed E-state index contributed by atoms with van der Waals surface area (Å²) in [5.41, 5.74) is 3.17. The fourth-order valence-corrected chi connectivity index (χ4v) is 1.79. The van der Waals surface area contributed by atoms with Gasteiger partial charge in [-0.15, -0.1) is 0 Å². The molecule has 0 unspecified atom stereocenters. The molecule has 0 aromatic heterocycles. The fourth-order valence-electron chi connectivity index (χ4n) is 1.79. The van der Waals surface area contributed by atoms with E-state index in [1.165, 1.54) is 0 Å². The van der Waals surface area contributed by atoms with Gasteiger partial charge in [0.25, 0.3) is 0 Å². The average Bonchev–Trinajstić information content (AvgIpc) is 2.46. The number of benzene rings is 2. The Kier molecular flexibility index (Phi) is 3.94. The summed E-state index contributed by atoms with van der Waals surface area (Å²) in [5.74, 6) is 0.571. The second-order valence-electron chi connectivity index (χ2n) is 4.20. The molecule has 0 aliphatic rings. The lowest BCUT2D eigenvalue weighted by Crippen LogP contribution is -2.00. The number of hydrogen-bond acceptors (Lipinski definition) is 3. The fraction of sp³-hybridized carbons (Fsp3) is 0.125. The first-order valence-electron chi connectivity index (χ1n) is 5.91. The maximum absolute atomic E-state index is 10.9. The lowest BCUT2D eigenvalue weighted by atomic mass is 10.1. The molecule has 3 nitrogen and oxygen atoms in total. The summed E-state index contributed by atoms with van der Waals surface area (Å²) in [6.45, 7) is 2.31. The van der Waals surface area contributed by atoms with Crippen molar-refractivity contribution in [3.05, 3.63) is 64.7 Å². The Labute approximate surface area is 112 Å². The number of aldehydes is 1. The van der Waals surface area contributed by atoms with Gasteiger partial charge in [0.05, 0.1) is 17.2 Å². The largest absolute Gasteiger partial charge is 0.488 e. The van der Waals surface area contributed by atoms with Crippen molar-refractivity contribution < 1.29 is 9.53 Å². The summed E-state index contributed by atoms with van der Waals surface area (Å²) in [7, 11) is 0. The van der Waals surface area contributed by atoms with Crippen LogP contribution in [-0.2, 0) is 6.61 Å². The number of aryl methyl sites for hydroxylation is 1. The first-order chi connectivity index (χ1) is 9.24. The molecule has 0 spiro atoms. The molecule has 94 valence electrons. The predicted molar refractivity (Wildman–Crippen MR) is 72.1 cm³/mol. The van der Waals surface area contributed by atoms with Crippen molar-refractivity contribution in [1.82, 2.24) is 0 Å². The van der Waals surface area contributed by atoms with E-state index >= 15 is 0 Å². The summed E-state index contributed by atoms with van der Waals surface area (Å²) in [6, 6.07) is 14.7. The number of carbonyl (C=O) groups excluding carboxylic acids is 1. The zero-order chi connectivity index (χ0) is 13.7. The van der Waals surface area contributed by atoms with Gasteiger partial charge in [-0.1, -0.05) is 18.2 Å². The van der Waals surface area contributed by atoms with Gasteiger partial charge in [0.15, 0.2) is 6.29 Å². The lowest BCUT2D eigenvalue weighted by molar-refractivity contribution is 0.111. The lowest BCUT2D eigenvalue weighted by Gasteiger charge is -2.10. The van der Waals surface area contributed by atoms with Gasteiger partial charge in [-0.05, 0) is 42.3 Å². The molecule has 0 atom stereocenters. The van der Waals surface area contributed by atoms with Crippen molar-refractivity contribution in [1.29, 1.82) is 5.26 Å². The molecule has 0 heterocycles. The number of ether oxygens (including phenoxy) is 1. The molecule has 0 saturated carbocycles. The van der Waals surface area contributed by atoms with Gasteiger partial charge in [0, 0.05) is 0 Å². The molecule has 0 saturated heterocycles. The van der Waals surface area contributed by atoms with E-state index in [4.69, 9.17) is 10.00 Å². The van der Waals surface area contributed by atoms with Crippen LogP contribution in [-0.4, -0.2) is 6.29 Å². The standard InChI is InChI=1S/C16H13NO2/c1-12-8-13(9-17)6-7-15(12)11-19-16-5-3-2-4-14(16)10-18/h2-8,10H,11H2,1H3. The van der Waals surface area contributed by atoms with Crippen LogP contribution in [0.1, 0.15) is 27.0 Å². The van der Waals surface area contributed by atoms with E-state index in [-0.39, 0.29) is 0 Å². The van der Waals surface area contributed by atoms with Crippen molar-refractivity contribution in [3.8, 4) is 11.8 Å². The molecule has 0 aliphatic heterocycles. The van der Waals surface area contributed by atoms with E-state index in [2.05, 4.69) is 6.07 Å². The number of nitriles is 1. The maximum Gasteiger partial charge on any atom is 0.153 e. The van der Waals surface area contributed by atoms with Crippen LogP contribution in [0.15, 0.2) is 42.5 Å². The Hall–Kier alpha value is -2.60. The van der Waals surface area contributed by atoms with Crippen molar-refractivity contribution in [2.75, 3.05) is 0 Å². The Morgan fingerprint density at radius 1 is 1.26 bits per heavy atom. The van der Waals surface area contributed by atoms with Crippen LogP contribution in [0.5, 0.6) is 5.75 Å². The summed E-state index contributed by atoms with van der Waals surface area (Å²) in [4.78, 5) is 10.9. The van der Waals surface area contributed by atoms with E-state index in [9.17, 15) is 4.79 Å². The second kappa shape index (κ2) is 5.83. The van der Waals surface area contributed by atoms with E-state index in [1.807, 2.05) is 25.1 Å². The Morgan fingerprint density at radius 3 is 2.74 bits per heavy atom. The minimum absolute atomic E-state index is 0.377. The van der Waals surface area contributed by atoms with Gasteiger partial charge in [-0.25, -0.2) is 0 Å². The minimum atomic E-state index is 0.377. The quantitative estimate of drug-likeness (QED) is 0.784. The zero-order valence-electron chi connectivity index (χ0n) is 10.6. The van der Waals surface area contributed by atoms with Crippen LogP contribution < -0.4 is 4.74 Å². The summed E-state index contributed by atoms with van der Waals surface area (Å²) in [5, 5.41) is 8.81. The second-order valence-corrected chi connectivity index (χ2v) is 4.20. The van der Waals surface area contributed by atoms with E-state index in [1.54, 1.807) is 24.3 Å². The SMILES string of the molecule is Cc1cc(C#N)ccc1COc1ccccc1C=O. The highest BCUT2D eigenvalue weighted by Crippen LogP contribution is 2.19. The monoisotopic (exact) mass is 251 g/mol. The topological polar surface area (TPSA) is 50.1 Å². The van der Waals surface area contributed by atoms with Crippen LogP contribution in [0.2, 0.25) is 0 Å². The molecule has 2 aromatic rings. The molecule has 2 rings (SSSR count). The number of rotatable bonds is 4. The van der Waals surface area contributed by atoms with E-state index in [0.717, 1.165) is 17.4 Å². The van der Waals surface area contributed by atoms with Gasteiger partial charge in [0.2, 0.25) is 0 Å². The van der Waals surface area contributed by atoms with Gasteiger partial charge < -0.3 is 4.74 Å². The number of carbonyl (C=O) groups is 1. The van der Waals surface area contributed by atoms with Crippen LogP contribution in [0, 0.1) is 18.3 Å². The van der Waals surface area contributed by atoms with Crippen molar-refractivity contribution >= 4 is 6.29 Å². The molecule has 0 fully saturated rings. The molecule has 0 bridgehead atoms. The Morgan fingerprint density at radius 2 is 2.05 bits per heavy atom. The summed E-state index contributed by atoms with van der Waals surface area (Å²) in [6.07, 6.45) is 0.779. The van der Waals surface area contributed by atoms with E-state index in [0.29, 0.717) is 23.5 Å². The number of nitrogens with zero attached hydrogens (tertiary/aromatic N) is 1. The minimum Gasteiger partial charge on any atom is -0.488 e. The summed E-state index contributed by atoms with van der Waals surface area (Å²) >= 11 is 0. The summed E-state index contributed by atoms with van der Waals surface area (Å²) < 4.78 is 5.65. The van der Waals surface area contributed by atoms with Crippen LogP contribution >= 0.6 is 0 Å².